The van der Waals surface area contributed by atoms with Gasteiger partial charge in [0.05, 0.1) is 23.3 Å². The second-order valence-electron chi connectivity index (χ2n) is 9.42. The maximum Gasteiger partial charge on any atom is 0.416 e. The zero-order chi connectivity index (χ0) is 26.4. The fourth-order valence-electron chi connectivity index (χ4n) is 5.45. The van der Waals surface area contributed by atoms with Gasteiger partial charge in [-0.05, 0) is 73.1 Å². The lowest BCUT2D eigenvalue weighted by molar-refractivity contribution is -0.143. The van der Waals surface area contributed by atoms with Crippen molar-refractivity contribution >= 4 is 6.09 Å². The van der Waals surface area contributed by atoms with E-state index in [-0.39, 0.29) is 30.0 Å². The van der Waals surface area contributed by atoms with Crippen LogP contribution in [0.3, 0.4) is 0 Å². The van der Waals surface area contributed by atoms with E-state index in [0.717, 1.165) is 0 Å². The first-order valence-corrected chi connectivity index (χ1v) is 11.4. The van der Waals surface area contributed by atoms with E-state index in [4.69, 9.17) is 4.74 Å². The first-order valence-electron chi connectivity index (χ1n) is 11.4. The maximum absolute atomic E-state index is 13.6. The molecule has 5 atom stereocenters. The summed E-state index contributed by atoms with van der Waals surface area (Å²) in [6, 6.07) is 7.00. The number of likely N-dealkylation sites (tertiary alicyclic amines) is 1. The van der Waals surface area contributed by atoms with Crippen LogP contribution in [0.1, 0.15) is 54.0 Å². The smallest absolute Gasteiger partial charge is 0.416 e. The molecule has 0 aromatic heterocycles. The number of ether oxygens (including phenoxy) is 1. The van der Waals surface area contributed by atoms with Crippen LogP contribution in [0.15, 0.2) is 42.5 Å². The van der Waals surface area contributed by atoms with Crippen molar-refractivity contribution in [1.29, 1.82) is 0 Å². The molecule has 1 saturated carbocycles. The van der Waals surface area contributed by atoms with E-state index in [1.807, 2.05) is 0 Å². The molecule has 1 heterocycles. The fraction of sp³-hybridized carbons (Fsp3) is 0.480. The van der Waals surface area contributed by atoms with Gasteiger partial charge in [0.25, 0.3) is 0 Å². The second-order valence-corrected chi connectivity index (χ2v) is 9.42. The van der Waals surface area contributed by atoms with Gasteiger partial charge in [0.15, 0.2) is 0 Å². The summed E-state index contributed by atoms with van der Waals surface area (Å²) < 4.78 is 99.7. The van der Waals surface area contributed by atoms with Crippen molar-refractivity contribution < 1.29 is 45.4 Å². The molecule has 196 valence electrons. The lowest BCUT2D eigenvalue weighted by atomic mass is 9.69. The Morgan fingerprint density at radius 3 is 2.08 bits per heavy atom. The molecule has 1 amide bonds. The minimum Gasteiger partial charge on any atom is -0.465 e. The van der Waals surface area contributed by atoms with Crippen molar-refractivity contribution in [1.82, 2.24) is 4.90 Å². The van der Waals surface area contributed by atoms with Gasteiger partial charge in [-0.15, -0.1) is 0 Å². The number of carbonyl (C=O) groups is 1. The van der Waals surface area contributed by atoms with Crippen molar-refractivity contribution in [2.45, 2.75) is 50.2 Å². The molecule has 11 heteroatoms. The van der Waals surface area contributed by atoms with E-state index >= 15 is 0 Å². The highest BCUT2D eigenvalue weighted by Crippen LogP contribution is 2.48. The van der Waals surface area contributed by atoms with Crippen LogP contribution < -0.4 is 0 Å². The van der Waals surface area contributed by atoms with Gasteiger partial charge < -0.3 is 14.7 Å². The Balaban J connectivity index is 1.66. The number of benzene rings is 2. The molecule has 0 bridgehead atoms. The van der Waals surface area contributed by atoms with Gasteiger partial charge in [0.2, 0.25) is 0 Å². The predicted octanol–water partition coefficient (Wildman–Crippen LogP) is 7.11. The third-order valence-corrected chi connectivity index (χ3v) is 7.16. The number of fused-ring (bicyclic) bond motifs is 1. The van der Waals surface area contributed by atoms with Crippen molar-refractivity contribution in [2.24, 2.45) is 11.8 Å². The van der Waals surface area contributed by atoms with Crippen molar-refractivity contribution in [3.05, 3.63) is 70.5 Å². The van der Waals surface area contributed by atoms with Gasteiger partial charge in [0, 0.05) is 19.0 Å². The number of halogens is 7. The van der Waals surface area contributed by atoms with E-state index in [1.165, 1.54) is 24.0 Å². The van der Waals surface area contributed by atoms with Crippen LogP contribution in [0.25, 0.3) is 0 Å². The highest BCUT2D eigenvalue weighted by molar-refractivity contribution is 5.65. The SMILES string of the molecule is CC(O[C@H]1CC[C@H]2CN(C(=O)O)C[C@H]2[C@@H]1c1ccc(F)cc1)c1cc(C(F)(F)F)cc(C(F)(F)F)c1. The van der Waals surface area contributed by atoms with Gasteiger partial charge in [-0.25, -0.2) is 9.18 Å². The third kappa shape index (κ3) is 5.45. The average Bonchev–Trinajstić information content (AvgIpc) is 3.23. The summed E-state index contributed by atoms with van der Waals surface area (Å²) in [5.41, 5.74) is -2.44. The molecule has 2 aromatic carbocycles. The van der Waals surface area contributed by atoms with E-state index in [2.05, 4.69) is 0 Å². The summed E-state index contributed by atoms with van der Waals surface area (Å²) in [7, 11) is 0. The summed E-state index contributed by atoms with van der Waals surface area (Å²) in [6.07, 6.45) is -11.8. The molecule has 2 aliphatic rings. The summed E-state index contributed by atoms with van der Waals surface area (Å²) in [4.78, 5) is 12.9. The first-order chi connectivity index (χ1) is 16.7. The average molecular weight is 519 g/mol. The Bertz CT molecular complexity index is 1070. The van der Waals surface area contributed by atoms with Crippen LogP contribution in [0.4, 0.5) is 35.5 Å². The molecule has 0 spiro atoms. The quantitative estimate of drug-likeness (QED) is 0.438. The van der Waals surface area contributed by atoms with Crippen molar-refractivity contribution in [3.63, 3.8) is 0 Å². The van der Waals surface area contributed by atoms with Crippen LogP contribution in [0.5, 0.6) is 0 Å². The van der Waals surface area contributed by atoms with E-state index in [1.54, 1.807) is 12.1 Å². The van der Waals surface area contributed by atoms with Crippen LogP contribution >= 0.6 is 0 Å². The number of rotatable bonds is 4. The largest absolute Gasteiger partial charge is 0.465 e. The lowest BCUT2D eigenvalue weighted by Gasteiger charge is -2.41. The topological polar surface area (TPSA) is 49.8 Å². The number of hydrogen-bond donors (Lipinski definition) is 1. The molecule has 1 aliphatic heterocycles. The minimum atomic E-state index is -4.98. The number of amides is 1. The molecule has 0 radical (unpaired) electrons. The normalized spacial score (nSPS) is 25.5. The highest BCUT2D eigenvalue weighted by Gasteiger charge is 2.47. The Kier molecular flexibility index (Phi) is 6.98. The molecule has 36 heavy (non-hydrogen) atoms. The van der Waals surface area contributed by atoms with Gasteiger partial charge in [-0.3, -0.25) is 0 Å². The van der Waals surface area contributed by atoms with Crippen LogP contribution in [-0.2, 0) is 17.1 Å². The van der Waals surface area contributed by atoms with Crippen molar-refractivity contribution in [2.75, 3.05) is 13.1 Å². The Morgan fingerprint density at radius 1 is 0.972 bits per heavy atom. The summed E-state index contributed by atoms with van der Waals surface area (Å²) >= 11 is 0. The van der Waals surface area contributed by atoms with Gasteiger partial charge in [-0.1, -0.05) is 12.1 Å². The number of hydrogen-bond acceptors (Lipinski definition) is 2. The van der Waals surface area contributed by atoms with Gasteiger partial charge in [-0.2, -0.15) is 26.3 Å². The molecule has 2 aromatic rings. The molecule has 2 fully saturated rings. The van der Waals surface area contributed by atoms with Crippen LogP contribution in [0.2, 0.25) is 0 Å². The number of nitrogens with zero attached hydrogens (tertiary/aromatic N) is 1. The Labute approximate surface area is 202 Å². The standard InChI is InChI=1S/C25H24F7NO3/c1-13(16-8-17(24(27,28)29)10-18(9-16)25(30,31)32)36-21-7-4-15-11-33(23(34)35)12-20(15)22(21)14-2-5-19(26)6-3-14/h2-3,5-6,8-10,13,15,20-22H,4,7,11-12H2,1H3,(H,34,35)/t13?,15-,20+,21-,22-/m0/s1. The van der Waals surface area contributed by atoms with E-state index in [9.17, 15) is 40.6 Å². The lowest BCUT2D eigenvalue weighted by Crippen LogP contribution is -2.38. The molecule has 1 aliphatic carbocycles. The van der Waals surface area contributed by atoms with E-state index < -0.39 is 53.5 Å². The zero-order valence-corrected chi connectivity index (χ0v) is 19.1. The second kappa shape index (κ2) is 9.57. The summed E-state index contributed by atoms with van der Waals surface area (Å²) in [5, 5.41) is 9.46. The van der Waals surface area contributed by atoms with Gasteiger partial charge in [0.1, 0.15) is 5.82 Å². The number of alkyl halides is 6. The molecular weight excluding hydrogens is 495 g/mol. The molecule has 4 rings (SSSR count). The summed E-state index contributed by atoms with van der Waals surface area (Å²) in [6.45, 7) is 1.92. The monoisotopic (exact) mass is 519 g/mol. The molecule has 1 saturated heterocycles. The minimum absolute atomic E-state index is 0.0108. The zero-order valence-electron chi connectivity index (χ0n) is 19.1. The Hall–Kier alpha value is -2.82. The molecular formula is C25H24F7NO3. The Morgan fingerprint density at radius 2 is 1.56 bits per heavy atom. The van der Waals surface area contributed by atoms with E-state index in [0.29, 0.717) is 37.1 Å². The molecule has 1 N–H and O–H groups in total. The van der Waals surface area contributed by atoms with Crippen molar-refractivity contribution in [3.8, 4) is 0 Å². The first kappa shape index (κ1) is 26.2. The van der Waals surface area contributed by atoms with Crippen LogP contribution in [-0.4, -0.2) is 35.3 Å². The fourth-order valence-corrected chi connectivity index (χ4v) is 5.45. The molecule has 1 unspecified atom stereocenters. The van der Waals surface area contributed by atoms with Gasteiger partial charge >= 0.3 is 18.4 Å². The van der Waals surface area contributed by atoms with Crippen LogP contribution in [0, 0.1) is 17.7 Å². The summed E-state index contributed by atoms with van der Waals surface area (Å²) in [5.74, 6) is -1.07. The molecule has 4 nitrogen and oxygen atoms in total. The third-order valence-electron chi connectivity index (χ3n) is 7.16. The highest BCUT2D eigenvalue weighted by atomic mass is 19.4. The predicted molar refractivity (Wildman–Crippen MR) is 115 cm³/mol. The maximum atomic E-state index is 13.6. The number of carboxylic acid groups (broad SMARTS) is 1.